The van der Waals surface area contributed by atoms with Crippen molar-refractivity contribution in [3.05, 3.63) is 77.7 Å². The summed E-state index contributed by atoms with van der Waals surface area (Å²) < 4.78 is 0. The lowest BCUT2D eigenvalue weighted by Crippen LogP contribution is -2.30. The Kier molecular flexibility index (Phi) is 4.33. The highest BCUT2D eigenvalue weighted by Gasteiger charge is 2.30. The van der Waals surface area contributed by atoms with E-state index in [4.69, 9.17) is 0 Å². The van der Waals surface area contributed by atoms with Crippen LogP contribution in [0.25, 0.3) is 22.0 Å². The summed E-state index contributed by atoms with van der Waals surface area (Å²) in [4.78, 5) is 29.4. The maximum atomic E-state index is 12.9. The summed E-state index contributed by atoms with van der Waals surface area (Å²) in [5.74, 6) is -0.889. The monoisotopic (exact) mass is 399 g/mol. The molecule has 1 aromatic heterocycles. The normalized spacial score (nSPS) is 15.6. The van der Waals surface area contributed by atoms with E-state index in [9.17, 15) is 9.59 Å². The Morgan fingerprint density at radius 1 is 1.03 bits per heavy atom. The summed E-state index contributed by atoms with van der Waals surface area (Å²) >= 11 is 1.38. The van der Waals surface area contributed by atoms with Gasteiger partial charge in [0.1, 0.15) is 0 Å². The van der Waals surface area contributed by atoms with Gasteiger partial charge < -0.3 is 10.6 Å². The van der Waals surface area contributed by atoms with Gasteiger partial charge in [0, 0.05) is 23.1 Å². The second-order valence-electron chi connectivity index (χ2n) is 6.98. The molecule has 0 bridgehead atoms. The fourth-order valence-electron chi connectivity index (χ4n) is 3.65. The second-order valence-corrected chi connectivity index (χ2v) is 7.84. The lowest BCUT2D eigenvalue weighted by atomic mass is 9.90. The molecule has 5 rings (SSSR count). The summed E-state index contributed by atoms with van der Waals surface area (Å²) in [6, 6.07) is 21.8. The van der Waals surface area contributed by atoms with Crippen LogP contribution in [0, 0.1) is 0 Å². The number of carbonyl (C=O) groups is 2. The van der Waals surface area contributed by atoms with E-state index in [2.05, 4.69) is 39.9 Å². The van der Waals surface area contributed by atoms with E-state index < -0.39 is 5.92 Å². The van der Waals surface area contributed by atoms with E-state index in [0.29, 0.717) is 10.8 Å². The van der Waals surface area contributed by atoms with E-state index in [-0.39, 0.29) is 18.2 Å². The Balaban J connectivity index is 1.38. The van der Waals surface area contributed by atoms with Crippen molar-refractivity contribution in [2.45, 2.75) is 12.3 Å². The number of aromatic nitrogens is 1. The van der Waals surface area contributed by atoms with Gasteiger partial charge in [0.25, 0.3) is 0 Å². The lowest BCUT2D eigenvalue weighted by molar-refractivity contribution is -0.123. The van der Waals surface area contributed by atoms with Crippen LogP contribution in [0.3, 0.4) is 0 Å². The van der Waals surface area contributed by atoms with E-state index in [1.54, 1.807) is 0 Å². The summed E-state index contributed by atoms with van der Waals surface area (Å²) in [7, 11) is 0. The maximum Gasteiger partial charge on any atom is 0.234 e. The highest BCUT2D eigenvalue weighted by atomic mass is 32.1. The minimum atomic E-state index is -0.520. The number of benzene rings is 3. The zero-order valence-corrected chi connectivity index (χ0v) is 16.2. The van der Waals surface area contributed by atoms with Crippen molar-refractivity contribution in [3.63, 3.8) is 0 Å². The molecule has 1 aliphatic heterocycles. The number of carbonyl (C=O) groups excluding carboxylic acids is 2. The zero-order chi connectivity index (χ0) is 19.8. The van der Waals surface area contributed by atoms with Crippen LogP contribution in [-0.4, -0.2) is 16.8 Å². The first-order valence-corrected chi connectivity index (χ1v) is 10.2. The van der Waals surface area contributed by atoms with Crippen LogP contribution in [0.1, 0.15) is 17.9 Å². The number of anilines is 2. The maximum absolute atomic E-state index is 12.9. The van der Waals surface area contributed by atoms with E-state index >= 15 is 0 Å². The van der Waals surface area contributed by atoms with Gasteiger partial charge in [-0.2, -0.15) is 0 Å². The average Bonchev–Trinajstić information content (AvgIpc) is 3.21. The Hall–Kier alpha value is -3.51. The quantitative estimate of drug-likeness (QED) is 0.508. The number of nitrogens with one attached hydrogen (secondary N) is 2. The van der Waals surface area contributed by atoms with Crippen LogP contribution >= 0.6 is 11.3 Å². The molecule has 142 valence electrons. The number of thiazole rings is 1. The summed E-state index contributed by atoms with van der Waals surface area (Å²) in [5, 5.41) is 10.5. The standard InChI is InChI=1S/C23H17N3O2S/c27-21-12-18(17-7-3-4-8-19(17)24-21)22(28)26-23-25-20(13-29-23)16-10-9-14-5-1-2-6-15(14)11-16/h1-11,13,18H,12H2,(H,24,27)(H,25,26,28). The van der Waals surface area contributed by atoms with Gasteiger partial charge in [-0.1, -0.05) is 54.6 Å². The molecule has 0 spiro atoms. The molecule has 29 heavy (non-hydrogen) atoms. The van der Waals surface area contributed by atoms with E-state index in [1.807, 2.05) is 47.8 Å². The van der Waals surface area contributed by atoms with Crippen molar-refractivity contribution < 1.29 is 9.59 Å². The third-order valence-corrected chi connectivity index (χ3v) is 5.85. The molecular weight excluding hydrogens is 382 g/mol. The largest absolute Gasteiger partial charge is 0.326 e. The van der Waals surface area contributed by atoms with Gasteiger partial charge >= 0.3 is 0 Å². The Bertz CT molecular complexity index is 1250. The van der Waals surface area contributed by atoms with Gasteiger partial charge in [-0.3, -0.25) is 9.59 Å². The molecule has 2 amide bonds. The van der Waals surface area contributed by atoms with Gasteiger partial charge in [0.15, 0.2) is 5.13 Å². The molecule has 6 heteroatoms. The Morgan fingerprint density at radius 2 is 1.83 bits per heavy atom. The van der Waals surface area contributed by atoms with Crippen molar-refractivity contribution in [2.24, 2.45) is 0 Å². The number of rotatable bonds is 3. The molecule has 0 saturated heterocycles. The highest BCUT2D eigenvalue weighted by Crippen LogP contribution is 2.34. The molecule has 3 aromatic carbocycles. The summed E-state index contributed by atoms with van der Waals surface area (Å²) in [6.45, 7) is 0. The van der Waals surface area contributed by atoms with E-state index in [0.717, 1.165) is 22.2 Å². The predicted molar refractivity (Wildman–Crippen MR) is 116 cm³/mol. The lowest BCUT2D eigenvalue weighted by Gasteiger charge is -2.24. The van der Waals surface area contributed by atoms with Crippen LogP contribution in [0.4, 0.5) is 10.8 Å². The first-order chi connectivity index (χ1) is 14.2. The molecule has 1 unspecified atom stereocenters. The third kappa shape index (κ3) is 3.39. The topological polar surface area (TPSA) is 71.1 Å². The molecule has 1 atom stereocenters. The van der Waals surface area contributed by atoms with Gasteiger partial charge in [-0.25, -0.2) is 4.98 Å². The number of amides is 2. The summed E-state index contributed by atoms with van der Waals surface area (Å²) in [6.07, 6.45) is 0.131. The average molecular weight is 399 g/mol. The van der Waals surface area contributed by atoms with Crippen molar-refractivity contribution in [2.75, 3.05) is 10.6 Å². The number of hydrogen-bond donors (Lipinski definition) is 2. The van der Waals surface area contributed by atoms with Gasteiger partial charge in [0.05, 0.1) is 11.6 Å². The molecule has 5 nitrogen and oxygen atoms in total. The highest BCUT2D eigenvalue weighted by molar-refractivity contribution is 7.14. The molecule has 0 fully saturated rings. The van der Waals surface area contributed by atoms with Crippen molar-refractivity contribution >= 4 is 44.7 Å². The second kappa shape index (κ2) is 7.14. The third-order valence-electron chi connectivity index (χ3n) is 5.10. The number of para-hydroxylation sites is 1. The number of nitrogens with zero attached hydrogens (tertiary/aromatic N) is 1. The van der Waals surface area contributed by atoms with Crippen molar-refractivity contribution in [3.8, 4) is 11.3 Å². The van der Waals surface area contributed by atoms with Gasteiger partial charge in [-0.15, -0.1) is 11.3 Å². The summed E-state index contributed by atoms with van der Waals surface area (Å²) in [5.41, 5.74) is 3.34. The van der Waals surface area contributed by atoms with Crippen molar-refractivity contribution in [1.29, 1.82) is 0 Å². The Morgan fingerprint density at radius 3 is 2.72 bits per heavy atom. The zero-order valence-electron chi connectivity index (χ0n) is 15.4. The molecule has 0 aliphatic carbocycles. The molecular formula is C23H17N3O2S. The van der Waals surface area contributed by atoms with Crippen LogP contribution < -0.4 is 10.6 Å². The molecule has 4 aromatic rings. The Labute approximate surface area is 171 Å². The first-order valence-electron chi connectivity index (χ1n) is 9.32. The van der Waals surface area contributed by atoms with Crippen LogP contribution in [-0.2, 0) is 9.59 Å². The molecule has 2 heterocycles. The minimum Gasteiger partial charge on any atom is -0.326 e. The molecule has 0 saturated carbocycles. The fourth-order valence-corrected chi connectivity index (χ4v) is 4.37. The minimum absolute atomic E-state index is 0.131. The van der Waals surface area contributed by atoms with Crippen LogP contribution in [0.15, 0.2) is 72.1 Å². The SMILES string of the molecule is O=C1CC(C(=O)Nc2nc(-c3ccc4ccccc4c3)cs2)c2ccccc2N1. The molecule has 1 aliphatic rings. The van der Waals surface area contributed by atoms with Gasteiger partial charge in [-0.05, 0) is 28.5 Å². The first kappa shape index (κ1) is 17.6. The van der Waals surface area contributed by atoms with Crippen LogP contribution in [0.2, 0.25) is 0 Å². The van der Waals surface area contributed by atoms with E-state index in [1.165, 1.54) is 16.7 Å². The smallest absolute Gasteiger partial charge is 0.234 e. The number of hydrogen-bond acceptors (Lipinski definition) is 4. The van der Waals surface area contributed by atoms with Crippen LogP contribution in [0.5, 0.6) is 0 Å². The molecule has 2 N–H and O–H groups in total. The number of fused-ring (bicyclic) bond motifs is 2. The van der Waals surface area contributed by atoms with Gasteiger partial charge in [0.2, 0.25) is 11.8 Å². The van der Waals surface area contributed by atoms with Crippen molar-refractivity contribution in [1.82, 2.24) is 4.98 Å². The molecule has 0 radical (unpaired) electrons. The predicted octanol–water partition coefficient (Wildman–Crippen LogP) is 5.03. The fraction of sp³-hybridized carbons (Fsp3) is 0.0870.